The molecule has 3 nitrogen and oxygen atoms in total. The van der Waals surface area contributed by atoms with Crippen molar-refractivity contribution in [1.82, 2.24) is 10.6 Å². The van der Waals surface area contributed by atoms with Gasteiger partial charge >= 0.3 is 0 Å². The highest BCUT2D eigenvalue weighted by Crippen LogP contribution is 2.16. The van der Waals surface area contributed by atoms with Crippen LogP contribution in [0.3, 0.4) is 0 Å². The molecule has 4 heteroatoms. The Balaban J connectivity index is 1.51. The lowest BCUT2D eigenvalue weighted by Crippen LogP contribution is -2.48. The molecule has 0 aliphatic carbocycles. The maximum Gasteiger partial charge on any atom is 0.237 e. The van der Waals surface area contributed by atoms with Crippen LogP contribution in [0.15, 0.2) is 41.1 Å². The molecule has 3 rings (SSSR count). The van der Waals surface area contributed by atoms with Crippen molar-refractivity contribution in [3.8, 4) is 0 Å². The fraction of sp³-hybridized carbons (Fsp3) is 0.312. The van der Waals surface area contributed by atoms with E-state index in [4.69, 9.17) is 0 Å². The first-order valence-corrected chi connectivity index (χ1v) is 7.86. The molecule has 2 aromatic rings. The molecule has 20 heavy (non-hydrogen) atoms. The molecule has 1 amide bonds. The maximum absolute atomic E-state index is 12.2. The van der Waals surface area contributed by atoms with E-state index in [-0.39, 0.29) is 11.9 Å². The molecule has 1 aromatic heterocycles. The average Bonchev–Trinajstić information content (AvgIpc) is 3.00. The molecule has 1 aliphatic rings. The number of carbonyl (C=O) groups excluding carboxylic acids is 1. The van der Waals surface area contributed by atoms with E-state index in [2.05, 4.69) is 39.6 Å². The van der Waals surface area contributed by atoms with Crippen LogP contribution in [0.4, 0.5) is 0 Å². The van der Waals surface area contributed by atoms with Gasteiger partial charge in [-0.1, -0.05) is 24.3 Å². The smallest absolute Gasteiger partial charge is 0.237 e. The molecule has 0 saturated heterocycles. The molecular formula is C16H18N2OS. The van der Waals surface area contributed by atoms with E-state index in [9.17, 15) is 4.79 Å². The zero-order valence-electron chi connectivity index (χ0n) is 11.3. The second kappa shape index (κ2) is 6.20. The van der Waals surface area contributed by atoms with Gasteiger partial charge in [-0.3, -0.25) is 4.79 Å². The standard InChI is InChI=1S/C16H18N2OS/c19-16(17-7-5-12-6-8-20-11-12)15-9-13-3-1-2-4-14(13)10-18-15/h1-4,6,8,11,15,18H,5,7,9-10H2,(H,17,19). The first-order chi connectivity index (χ1) is 9.83. The van der Waals surface area contributed by atoms with Crippen LogP contribution in [-0.4, -0.2) is 18.5 Å². The maximum atomic E-state index is 12.2. The van der Waals surface area contributed by atoms with Gasteiger partial charge in [-0.05, 0) is 46.4 Å². The fourth-order valence-corrected chi connectivity index (χ4v) is 3.23. The SMILES string of the molecule is O=C(NCCc1ccsc1)C1Cc2ccccc2CN1. The highest BCUT2D eigenvalue weighted by atomic mass is 32.1. The van der Waals surface area contributed by atoms with Crippen molar-refractivity contribution in [1.29, 1.82) is 0 Å². The largest absolute Gasteiger partial charge is 0.354 e. The second-order valence-electron chi connectivity index (χ2n) is 5.08. The van der Waals surface area contributed by atoms with Crippen LogP contribution in [0, 0.1) is 0 Å². The molecule has 0 fully saturated rings. The number of hydrogen-bond donors (Lipinski definition) is 2. The summed E-state index contributed by atoms with van der Waals surface area (Å²) in [5, 5.41) is 10.5. The summed E-state index contributed by atoms with van der Waals surface area (Å²) in [5.74, 6) is 0.106. The lowest BCUT2D eigenvalue weighted by molar-refractivity contribution is -0.123. The van der Waals surface area contributed by atoms with E-state index >= 15 is 0 Å². The van der Waals surface area contributed by atoms with Crippen molar-refractivity contribution in [2.45, 2.75) is 25.4 Å². The minimum atomic E-state index is -0.104. The van der Waals surface area contributed by atoms with Crippen molar-refractivity contribution >= 4 is 17.2 Å². The monoisotopic (exact) mass is 286 g/mol. The molecule has 0 spiro atoms. The predicted molar refractivity (Wildman–Crippen MR) is 81.8 cm³/mol. The van der Waals surface area contributed by atoms with Crippen molar-refractivity contribution < 1.29 is 4.79 Å². The third-order valence-electron chi connectivity index (χ3n) is 3.69. The quantitative estimate of drug-likeness (QED) is 0.904. The summed E-state index contributed by atoms with van der Waals surface area (Å²) in [4.78, 5) is 12.2. The zero-order valence-corrected chi connectivity index (χ0v) is 12.1. The zero-order chi connectivity index (χ0) is 13.8. The number of benzene rings is 1. The number of thiophene rings is 1. The van der Waals surface area contributed by atoms with E-state index in [0.29, 0.717) is 6.54 Å². The Bertz CT molecular complexity index is 580. The predicted octanol–water partition coefficient (Wildman–Crippen LogP) is 2.12. The average molecular weight is 286 g/mol. The van der Waals surface area contributed by atoms with Gasteiger partial charge in [-0.2, -0.15) is 11.3 Å². The summed E-state index contributed by atoms with van der Waals surface area (Å²) in [5.41, 5.74) is 3.87. The molecular weight excluding hydrogens is 268 g/mol. The van der Waals surface area contributed by atoms with E-state index < -0.39 is 0 Å². The Hall–Kier alpha value is -1.65. The lowest BCUT2D eigenvalue weighted by Gasteiger charge is -2.25. The normalized spacial score (nSPS) is 17.5. The highest BCUT2D eigenvalue weighted by Gasteiger charge is 2.23. The molecule has 1 aliphatic heterocycles. The number of carbonyl (C=O) groups is 1. The fourth-order valence-electron chi connectivity index (χ4n) is 2.53. The molecule has 104 valence electrons. The molecule has 1 aromatic carbocycles. The van der Waals surface area contributed by atoms with E-state index in [0.717, 1.165) is 19.4 Å². The van der Waals surface area contributed by atoms with Gasteiger partial charge in [0.2, 0.25) is 5.91 Å². The second-order valence-corrected chi connectivity index (χ2v) is 5.86. The van der Waals surface area contributed by atoms with Crippen molar-refractivity contribution in [2.24, 2.45) is 0 Å². The van der Waals surface area contributed by atoms with Gasteiger partial charge in [0.1, 0.15) is 0 Å². The van der Waals surface area contributed by atoms with Gasteiger partial charge < -0.3 is 10.6 Å². The molecule has 0 saturated carbocycles. The topological polar surface area (TPSA) is 41.1 Å². The molecule has 2 heterocycles. The molecule has 1 atom stereocenters. The van der Waals surface area contributed by atoms with E-state index in [1.54, 1.807) is 11.3 Å². The molecule has 0 radical (unpaired) electrons. The highest BCUT2D eigenvalue weighted by molar-refractivity contribution is 7.07. The molecule has 2 N–H and O–H groups in total. The van der Waals surface area contributed by atoms with Crippen LogP contribution in [0.5, 0.6) is 0 Å². The number of amides is 1. The van der Waals surface area contributed by atoms with E-state index in [1.807, 2.05) is 12.1 Å². The van der Waals surface area contributed by atoms with Crippen LogP contribution in [0.1, 0.15) is 16.7 Å². The lowest BCUT2D eigenvalue weighted by atomic mass is 9.95. The summed E-state index contributed by atoms with van der Waals surface area (Å²) in [6, 6.07) is 10.3. The Morgan fingerprint density at radius 3 is 2.95 bits per heavy atom. The minimum Gasteiger partial charge on any atom is -0.354 e. The number of nitrogens with one attached hydrogen (secondary N) is 2. The van der Waals surface area contributed by atoms with Gasteiger partial charge in [-0.15, -0.1) is 0 Å². The Kier molecular flexibility index (Phi) is 4.14. The van der Waals surface area contributed by atoms with Crippen molar-refractivity contribution in [2.75, 3.05) is 6.54 Å². The minimum absolute atomic E-state index is 0.104. The summed E-state index contributed by atoms with van der Waals surface area (Å²) < 4.78 is 0. The van der Waals surface area contributed by atoms with Crippen LogP contribution in [0.2, 0.25) is 0 Å². The Morgan fingerprint density at radius 1 is 1.30 bits per heavy atom. The number of rotatable bonds is 4. The summed E-state index contributed by atoms with van der Waals surface area (Å²) in [6.07, 6.45) is 1.68. The Labute approximate surface area is 123 Å². The number of fused-ring (bicyclic) bond motifs is 1. The summed E-state index contributed by atoms with van der Waals surface area (Å²) in [6.45, 7) is 1.48. The third-order valence-corrected chi connectivity index (χ3v) is 4.42. The van der Waals surface area contributed by atoms with Crippen molar-refractivity contribution in [3.05, 3.63) is 57.8 Å². The van der Waals surface area contributed by atoms with Crippen LogP contribution >= 0.6 is 11.3 Å². The summed E-state index contributed by atoms with van der Waals surface area (Å²) in [7, 11) is 0. The Morgan fingerprint density at radius 2 is 2.15 bits per heavy atom. The van der Waals surface area contributed by atoms with E-state index in [1.165, 1.54) is 16.7 Å². The van der Waals surface area contributed by atoms with Gasteiger partial charge in [0.15, 0.2) is 0 Å². The van der Waals surface area contributed by atoms with Gasteiger partial charge in [-0.25, -0.2) is 0 Å². The molecule has 1 unspecified atom stereocenters. The van der Waals surface area contributed by atoms with Crippen molar-refractivity contribution in [3.63, 3.8) is 0 Å². The molecule has 0 bridgehead atoms. The van der Waals surface area contributed by atoms with Crippen LogP contribution in [0.25, 0.3) is 0 Å². The number of hydrogen-bond acceptors (Lipinski definition) is 3. The van der Waals surface area contributed by atoms with Gasteiger partial charge in [0.05, 0.1) is 6.04 Å². The summed E-state index contributed by atoms with van der Waals surface area (Å²) >= 11 is 1.69. The van der Waals surface area contributed by atoms with Gasteiger partial charge in [0, 0.05) is 13.1 Å². The van der Waals surface area contributed by atoms with Crippen LogP contribution < -0.4 is 10.6 Å². The first kappa shape index (κ1) is 13.3. The third kappa shape index (κ3) is 3.08. The first-order valence-electron chi connectivity index (χ1n) is 6.92. The van der Waals surface area contributed by atoms with Gasteiger partial charge in [0.25, 0.3) is 0 Å². The van der Waals surface area contributed by atoms with Crippen LogP contribution in [-0.2, 0) is 24.2 Å².